The molecule has 0 aliphatic rings. The van der Waals surface area contributed by atoms with E-state index in [2.05, 4.69) is 29.9 Å². The van der Waals surface area contributed by atoms with Gasteiger partial charge >= 0.3 is 12.1 Å². The third-order valence-electron chi connectivity index (χ3n) is 0.512. The van der Waals surface area contributed by atoms with Gasteiger partial charge in [-0.15, -0.1) is 0 Å². The predicted octanol–water partition coefficient (Wildman–Crippen LogP) is -1.17. The Morgan fingerprint density at radius 3 is 1.31 bits per heavy atom. The van der Waals surface area contributed by atoms with Gasteiger partial charge in [-0.05, 0) is 6.42 Å². The standard InChI is InChI=1S/C4H10O.2CH4N2O/c1-2-3-4-5;2*2-1(3)4/h5H,2-4H2,1H3;2*(H4,2,3,4). The number of carbonyl (C=O) groups is 2. The molecule has 80 valence electrons. The number of carbonyl (C=O) groups excluding carboxylic acids is 2. The molecule has 0 aliphatic carbocycles. The van der Waals surface area contributed by atoms with E-state index >= 15 is 0 Å². The van der Waals surface area contributed by atoms with Gasteiger partial charge in [0.25, 0.3) is 0 Å². The van der Waals surface area contributed by atoms with Crippen molar-refractivity contribution in [2.75, 3.05) is 6.61 Å². The van der Waals surface area contributed by atoms with Crippen LogP contribution in [-0.2, 0) is 0 Å². The van der Waals surface area contributed by atoms with Crippen molar-refractivity contribution in [2.45, 2.75) is 19.8 Å². The largest absolute Gasteiger partial charge is 0.396 e. The number of primary amides is 4. The maximum Gasteiger partial charge on any atom is 0.309 e. The van der Waals surface area contributed by atoms with Gasteiger partial charge in [-0.2, -0.15) is 0 Å². The summed E-state index contributed by atoms with van der Waals surface area (Å²) in [5, 5.41) is 8.07. The Morgan fingerprint density at radius 2 is 1.31 bits per heavy atom. The van der Waals surface area contributed by atoms with Gasteiger partial charge in [0, 0.05) is 6.61 Å². The lowest BCUT2D eigenvalue weighted by atomic mass is 10.4. The third-order valence-corrected chi connectivity index (χ3v) is 0.512. The first-order valence-electron chi connectivity index (χ1n) is 3.59. The van der Waals surface area contributed by atoms with Crippen LogP contribution in [0.2, 0.25) is 0 Å². The highest BCUT2D eigenvalue weighted by atomic mass is 16.2. The molecule has 7 nitrogen and oxygen atoms in total. The summed E-state index contributed by atoms with van der Waals surface area (Å²) in [6, 6.07) is -1.67. The van der Waals surface area contributed by atoms with Gasteiger partial charge in [-0.1, -0.05) is 13.3 Å². The molecular weight excluding hydrogens is 176 g/mol. The topological polar surface area (TPSA) is 158 Å². The smallest absolute Gasteiger partial charge is 0.309 e. The Bertz CT molecular complexity index is 107. The Morgan fingerprint density at radius 1 is 1.08 bits per heavy atom. The summed E-state index contributed by atoms with van der Waals surface area (Å²) >= 11 is 0. The van der Waals surface area contributed by atoms with Crippen molar-refractivity contribution in [3.8, 4) is 0 Å². The van der Waals surface area contributed by atoms with E-state index in [1.165, 1.54) is 0 Å². The molecule has 0 rings (SSSR count). The first-order chi connectivity index (χ1) is 5.88. The number of rotatable bonds is 2. The number of unbranched alkanes of at least 4 members (excludes halogenated alkanes) is 1. The van der Waals surface area contributed by atoms with Crippen LogP contribution in [0.15, 0.2) is 0 Å². The van der Waals surface area contributed by atoms with E-state index in [1.54, 1.807) is 0 Å². The molecule has 0 radical (unpaired) electrons. The van der Waals surface area contributed by atoms with E-state index in [0.717, 1.165) is 12.8 Å². The lowest BCUT2D eigenvalue weighted by molar-refractivity contribution is 0.255. The molecule has 0 aromatic rings. The Hall–Kier alpha value is -1.50. The van der Waals surface area contributed by atoms with Gasteiger partial charge in [-0.25, -0.2) is 9.59 Å². The molecule has 4 amide bonds. The van der Waals surface area contributed by atoms with Crippen LogP contribution in [0.1, 0.15) is 19.8 Å². The molecule has 0 saturated heterocycles. The third kappa shape index (κ3) is 3030. The van der Waals surface area contributed by atoms with Gasteiger partial charge in [0.2, 0.25) is 0 Å². The van der Waals surface area contributed by atoms with Crippen molar-refractivity contribution in [2.24, 2.45) is 22.9 Å². The minimum Gasteiger partial charge on any atom is -0.396 e. The molecule has 13 heavy (non-hydrogen) atoms. The molecule has 0 spiro atoms. The second-order valence-electron chi connectivity index (χ2n) is 1.88. The fourth-order valence-corrected chi connectivity index (χ4v) is 0.158. The number of amides is 4. The van der Waals surface area contributed by atoms with Crippen LogP contribution in [-0.4, -0.2) is 23.8 Å². The molecule has 0 aromatic carbocycles. The van der Waals surface area contributed by atoms with Gasteiger partial charge in [0.1, 0.15) is 0 Å². The highest BCUT2D eigenvalue weighted by molar-refractivity contribution is 5.69. The summed E-state index contributed by atoms with van der Waals surface area (Å²) in [7, 11) is 0. The fourth-order valence-electron chi connectivity index (χ4n) is 0.158. The zero-order chi connectivity index (χ0) is 11.3. The fraction of sp³-hybridized carbons (Fsp3) is 0.667. The van der Waals surface area contributed by atoms with E-state index in [1.807, 2.05) is 0 Å². The van der Waals surface area contributed by atoms with E-state index < -0.39 is 12.1 Å². The lowest BCUT2D eigenvalue weighted by Gasteiger charge is -1.79. The zero-order valence-electron chi connectivity index (χ0n) is 7.69. The maximum atomic E-state index is 9.00. The Kier molecular flexibility index (Phi) is 22.7. The molecule has 0 unspecified atom stereocenters. The zero-order valence-corrected chi connectivity index (χ0v) is 7.69. The summed E-state index contributed by atoms with van der Waals surface area (Å²) < 4.78 is 0. The van der Waals surface area contributed by atoms with Crippen molar-refractivity contribution in [1.29, 1.82) is 0 Å². The van der Waals surface area contributed by atoms with Crippen LogP contribution in [0, 0.1) is 0 Å². The van der Waals surface area contributed by atoms with Crippen LogP contribution in [0.3, 0.4) is 0 Å². The number of nitrogens with two attached hydrogens (primary N) is 4. The molecule has 0 bridgehead atoms. The number of aliphatic hydroxyl groups excluding tert-OH is 1. The van der Waals surface area contributed by atoms with E-state index in [0.29, 0.717) is 6.61 Å². The summed E-state index contributed by atoms with van der Waals surface area (Å²) in [6.45, 7) is 2.40. The minimum absolute atomic E-state index is 0.344. The van der Waals surface area contributed by atoms with Crippen molar-refractivity contribution in [3.05, 3.63) is 0 Å². The highest BCUT2D eigenvalue weighted by Gasteiger charge is 1.69. The maximum absolute atomic E-state index is 9.00. The van der Waals surface area contributed by atoms with Crippen LogP contribution >= 0.6 is 0 Å². The molecular formula is C6H18N4O3. The molecule has 7 heteroatoms. The number of aliphatic hydroxyl groups is 1. The Balaban J connectivity index is -0.000000117. The van der Waals surface area contributed by atoms with Gasteiger partial charge < -0.3 is 28.0 Å². The summed E-state index contributed by atoms with van der Waals surface area (Å²) in [6.07, 6.45) is 2.04. The first-order valence-corrected chi connectivity index (χ1v) is 3.59. The quantitative estimate of drug-likeness (QED) is 0.375. The second kappa shape index (κ2) is 16.8. The number of hydrogen-bond donors (Lipinski definition) is 5. The average Bonchev–Trinajstić information content (AvgIpc) is 1.86. The molecule has 9 N–H and O–H groups in total. The van der Waals surface area contributed by atoms with Crippen molar-refractivity contribution < 1.29 is 14.7 Å². The lowest BCUT2D eigenvalue weighted by Crippen LogP contribution is -2.18. The van der Waals surface area contributed by atoms with E-state index in [-0.39, 0.29) is 0 Å². The SMILES string of the molecule is CCCCO.NC(N)=O.NC(N)=O. The van der Waals surface area contributed by atoms with Crippen LogP contribution in [0.4, 0.5) is 9.59 Å². The number of hydrogen-bond acceptors (Lipinski definition) is 3. The molecule has 0 saturated carbocycles. The summed E-state index contributed by atoms with van der Waals surface area (Å²) in [5.74, 6) is 0. The second-order valence-corrected chi connectivity index (χ2v) is 1.88. The first kappa shape index (κ1) is 17.5. The summed E-state index contributed by atoms with van der Waals surface area (Å²) in [5.41, 5.74) is 17.0. The van der Waals surface area contributed by atoms with Crippen molar-refractivity contribution >= 4 is 12.1 Å². The van der Waals surface area contributed by atoms with Gasteiger partial charge in [0.15, 0.2) is 0 Å². The van der Waals surface area contributed by atoms with Gasteiger partial charge in [-0.3, -0.25) is 0 Å². The van der Waals surface area contributed by atoms with Gasteiger partial charge in [0.05, 0.1) is 0 Å². The Labute approximate surface area is 77.1 Å². The van der Waals surface area contributed by atoms with E-state index in [4.69, 9.17) is 14.7 Å². The minimum atomic E-state index is -0.833. The molecule has 0 atom stereocenters. The summed E-state index contributed by atoms with van der Waals surface area (Å²) in [4.78, 5) is 18.0. The highest BCUT2D eigenvalue weighted by Crippen LogP contribution is 1.78. The van der Waals surface area contributed by atoms with Crippen LogP contribution < -0.4 is 22.9 Å². The monoisotopic (exact) mass is 194 g/mol. The van der Waals surface area contributed by atoms with Crippen LogP contribution in [0.25, 0.3) is 0 Å². The predicted molar refractivity (Wildman–Crippen MR) is 49.5 cm³/mol. The molecule has 0 heterocycles. The van der Waals surface area contributed by atoms with E-state index in [9.17, 15) is 0 Å². The number of urea groups is 2. The molecule has 0 aromatic heterocycles. The average molecular weight is 194 g/mol. The van der Waals surface area contributed by atoms with Crippen molar-refractivity contribution in [1.82, 2.24) is 0 Å². The molecule has 0 aliphatic heterocycles. The van der Waals surface area contributed by atoms with Crippen molar-refractivity contribution in [3.63, 3.8) is 0 Å². The molecule has 0 fully saturated rings. The van der Waals surface area contributed by atoms with Crippen LogP contribution in [0.5, 0.6) is 0 Å². The normalized spacial score (nSPS) is 6.92.